The standard InChI is InChI=1S/C14H17NO4/c1-2-10-3-5-11(6-4-10)13(16)15-7-8-19-9-12(15)14(17)18/h3-6,12H,2,7-9H2,1H3,(H,17,18). The van der Waals surface area contributed by atoms with Crippen LogP contribution >= 0.6 is 0 Å². The summed E-state index contributed by atoms with van der Waals surface area (Å²) < 4.78 is 5.12. The van der Waals surface area contributed by atoms with Crippen LogP contribution in [0.5, 0.6) is 0 Å². The summed E-state index contributed by atoms with van der Waals surface area (Å²) in [5.41, 5.74) is 1.67. The van der Waals surface area contributed by atoms with Gasteiger partial charge in [0.1, 0.15) is 0 Å². The summed E-state index contributed by atoms with van der Waals surface area (Å²) in [6, 6.07) is 6.38. The van der Waals surface area contributed by atoms with Gasteiger partial charge in [0.25, 0.3) is 5.91 Å². The van der Waals surface area contributed by atoms with Gasteiger partial charge in [-0.3, -0.25) is 4.79 Å². The maximum Gasteiger partial charge on any atom is 0.328 e. The molecule has 1 heterocycles. The molecule has 2 rings (SSSR count). The molecule has 1 aromatic rings. The maximum absolute atomic E-state index is 12.3. The van der Waals surface area contributed by atoms with Gasteiger partial charge in [0.15, 0.2) is 6.04 Å². The smallest absolute Gasteiger partial charge is 0.328 e. The third-order valence-corrected chi connectivity index (χ3v) is 3.28. The molecule has 5 heteroatoms. The Kier molecular flexibility index (Phi) is 4.16. The second kappa shape index (κ2) is 5.84. The summed E-state index contributed by atoms with van der Waals surface area (Å²) in [7, 11) is 0. The van der Waals surface area contributed by atoms with E-state index in [0.717, 1.165) is 12.0 Å². The van der Waals surface area contributed by atoms with Crippen molar-refractivity contribution >= 4 is 11.9 Å². The number of carbonyl (C=O) groups is 2. The zero-order valence-electron chi connectivity index (χ0n) is 10.8. The van der Waals surface area contributed by atoms with Crippen LogP contribution in [-0.2, 0) is 16.0 Å². The molecule has 1 amide bonds. The number of aryl methyl sites for hydroxylation is 1. The van der Waals surface area contributed by atoms with Gasteiger partial charge in [-0.2, -0.15) is 0 Å². The van der Waals surface area contributed by atoms with Gasteiger partial charge < -0.3 is 14.7 Å². The predicted octanol–water partition coefficient (Wildman–Crippen LogP) is 1.17. The molecular weight excluding hydrogens is 246 g/mol. The van der Waals surface area contributed by atoms with Crippen LogP contribution in [0.15, 0.2) is 24.3 Å². The predicted molar refractivity (Wildman–Crippen MR) is 69.1 cm³/mol. The summed E-state index contributed by atoms with van der Waals surface area (Å²) in [6.45, 7) is 2.78. The zero-order valence-corrected chi connectivity index (χ0v) is 10.8. The highest BCUT2D eigenvalue weighted by atomic mass is 16.5. The minimum absolute atomic E-state index is 0.0497. The molecule has 1 aliphatic rings. The van der Waals surface area contributed by atoms with E-state index in [1.807, 2.05) is 19.1 Å². The van der Waals surface area contributed by atoms with Gasteiger partial charge in [0.05, 0.1) is 13.2 Å². The van der Waals surface area contributed by atoms with E-state index in [-0.39, 0.29) is 12.5 Å². The van der Waals surface area contributed by atoms with Crippen molar-refractivity contribution in [1.82, 2.24) is 4.90 Å². The first-order valence-electron chi connectivity index (χ1n) is 6.34. The van der Waals surface area contributed by atoms with E-state index >= 15 is 0 Å². The number of hydrogen-bond donors (Lipinski definition) is 1. The fraction of sp³-hybridized carbons (Fsp3) is 0.429. The summed E-state index contributed by atoms with van der Waals surface area (Å²) >= 11 is 0. The molecule has 5 nitrogen and oxygen atoms in total. The summed E-state index contributed by atoms with van der Waals surface area (Å²) in [6.07, 6.45) is 0.907. The van der Waals surface area contributed by atoms with Crippen LogP contribution in [0.1, 0.15) is 22.8 Å². The number of amides is 1. The summed E-state index contributed by atoms with van der Waals surface area (Å²) in [4.78, 5) is 24.8. The van der Waals surface area contributed by atoms with Gasteiger partial charge in [-0.15, -0.1) is 0 Å². The number of morpholine rings is 1. The van der Waals surface area contributed by atoms with Gasteiger partial charge >= 0.3 is 5.97 Å². The molecule has 19 heavy (non-hydrogen) atoms. The molecule has 1 aromatic carbocycles. The van der Waals surface area contributed by atoms with Crippen molar-refractivity contribution in [1.29, 1.82) is 0 Å². The lowest BCUT2D eigenvalue weighted by Gasteiger charge is -2.32. The molecule has 0 aliphatic carbocycles. The molecule has 0 bridgehead atoms. The second-order valence-corrected chi connectivity index (χ2v) is 4.48. The number of rotatable bonds is 3. The number of benzene rings is 1. The van der Waals surface area contributed by atoms with E-state index in [0.29, 0.717) is 18.7 Å². The molecule has 1 fully saturated rings. The Hall–Kier alpha value is -1.88. The lowest BCUT2D eigenvalue weighted by atomic mass is 10.1. The number of carboxylic acid groups (broad SMARTS) is 1. The monoisotopic (exact) mass is 263 g/mol. The Morgan fingerprint density at radius 1 is 1.37 bits per heavy atom. The van der Waals surface area contributed by atoms with Crippen molar-refractivity contribution in [3.63, 3.8) is 0 Å². The highest BCUT2D eigenvalue weighted by Crippen LogP contribution is 2.14. The molecule has 0 radical (unpaired) electrons. The molecule has 1 saturated heterocycles. The highest BCUT2D eigenvalue weighted by Gasteiger charge is 2.33. The van der Waals surface area contributed by atoms with Crippen molar-refractivity contribution in [3.05, 3.63) is 35.4 Å². The highest BCUT2D eigenvalue weighted by molar-refractivity contribution is 5.96. The van der Waals surface area contributed by atoms with E-state index in [1.165, 1.54) is 4.90 Å². The van der Waals surface area contributed by atoms with Crippen molar-refractivity contribution < 1.29 is 19.4 Å². The van der Waals surface area contributed by atoms with Crippen LogP contribution in [-0.4, -0.2) is 47.7 Å². The lowest BCUT2D eigenvalue weighted by molar-refractivity contribution is -0.147. The molecule has 102 valence electrons. The Balaban J connectivity index is 2.18. The van der Waals surface area contributed by atoms with Crippen LogP contribution in [0.2, 0.25) is 0 Å². The second-order valence-electron chi connectivity index (χ2n) is 4.48. The Morgan fingerprint density at radius 3 is 2.63 bits per heavy atom. The summed E-state index contributed by atoms with van der Waals surface area (Å²) in [5, 5.41) is 9.11. The van der Waals surface area contributed by atoms with Crippen molar-refractivity contribution in [3.8, 4) is 0 Å². The van der Waals surface area contributed by atoms with E-state index in [1.54, 1.807) is 12.1 Å². The van der Waals surface area contributed by atoms with E-state index in [4.69, 9.17) is 9.84 Å². The van der Waals surface area contributed by atoms with E-state index < -0.39 is 12.0 Å². The first-order chi connectivity index (χ1) is 9.13. The molecule has 0 spiro atoms. The van der Waals surface area contributed by atoms with Gasteiger partial charge in [-0.1, -0.05) is 19.1 Å². The number of hydrogen-bond acceptors (Lipinski definition) is 3. The average molecular weight is 263 g/mol. The van der Waals surface area contributed by atoms with Crippen LogP contribution < -0.4 is 0 Å². The molecule has 0 saturated carbocycles. The Morgan fingerprint density at radius 2 is 2.05 bits per heavy atom. The Bertz CT molecular complexity index is 469. The number of aliphatic carboxylic acids is 1. The minimum Gasteiger partial charge on any atom is -0.480 e. The molecule has 1 aliphatic heterocycles. The van der Waals surface area contributed by atoms with Crippen LogP contribution in [0.4, 0.5) is 0 Å². The number of carbonyl (C=O) groups excluding carboxylic acids is 1. The maximum atomic E-state index is 12.3. The SMILES string of the molecule is CCc1ccc(C(=O)N2CCOCC2C(=O)O)cc1. The summed E-state index contributed by atoms with van der Waals surface area (Å²) in [5.74, 6) is -1.28. The lowest BCUT2D eigenvalue weighted by Crippen LogP contribution is -2.52. The fourth-order valence-corrected chi connectivity index (χ4v) is 2.10. The van der Waals surface area contributed by atoms with Crippen molar-refractivity contribution in [2.45, 2.75) is 19.4 Å². The van der Waals surface area contributed by atoms with Crippen LogP contribution in [0, 0.1) is 0 Å². The first kappa shape index (κ1) is 13.5. The van der Waals surface area contributed by atoms with Gasteiger partial charge in [-0.25, -0.2) is 4.79 Å². The van der Waals surface area contributed by atoms with Crippen LogP contribution in [0.3, 0.4) is 0 Å². The number of nitrogens with zero attached hydrogens (tertiary/aromatic N) is 1. The normalized spacial score (nSPS) is 19.2. The largest absolute Gasteiger partial charge is 0.480 e. The van der Waals surface area contributed by atoms with Gasteiger partial charge in [-0.05, 0) is 24.1 Å². The van der Waals surface area contributed by atoms with Gasteiger partial charge in [0.2, 0.25) is 0 Å². The van der Waals surface area contributed by atoms with Gasteiger partial charge in [0, 0.05) is 12.1 Å². The fourth-order valence-electron chi connectivity index (χ4n) is 2.10. The molecule has 1 unspecified atom stereocenters. The molecule has 0 aromatic heterocycles. The van der Waals surface area contributed by atoms with Crippen LogP contribution in [0.25, 0.3) is 0 Å². The number of carboxylic acids is 1. The molecule has 1 atom stereocenters. The van der Waals surface area contributed by atoms with E-state index in [9.17, 15) is 9.59 Å². The first-order valence-corrected chi connectivity index (χ1v) is 6.34. The molecular formula is C14H17NO4. The minimum atomic E-state index is -1.03. The van der Waals surface area contributed by atoms with Crippen molar-refractivity contribution in [2.24, 2.45) is 0 Å². The average Bonchev–Trinajstić information content (AvgIpc) is 2.46. The zero-order chi connectivity index (χ0) is 13.8. The molecule has 1 N–H and O–H groups in total. The topological polar surface area (TPSA) is 66.8 Å². The van der Waals surface area contributed by atoms with Crippen molar-refractivity contribution in [2.75, 3.05) is 19.8 Å². The third kappa shape index (κ3) is 2.93. The van der Waals surface area contributed by atoms with E-state index in [2.05, 4.69) is 0 Å². The Labute approximate surface area is 111 Å². The third-order valence-electron chi connectivity index (χ3n) is 3.28. The number of ether oxygens (including phenoxy) is 1. The quantitative estimate of drug-likeness (QED) is 0.889.